The summed E-state index contributed by atoms with van der Waals surface area (Å²) in [5.74, 6) is -0.284. The predicted molar refractivity (Wildman–Crippen MR) is 125 cm³/mol. The van der Waals surface area contributed by atoms with E-state index >= 15 is 0 Å². The zero-order valence-electron chi connectivity index (χ0n) is 18.6. The van der Waals surface area contributed by atoms with Crippen molar-refractivity contribution in [2.45, 2.75) is 62.1 Å². The number of benzene rings is 2. The summed E-state index contributed by atoms with van der Waals surface area (Å²) in [6, 6.07) is 14.8. The molecule has 0 aliphatic heterocycles. The molecule has 0 bridgehead atoms. The Bertz CT molecular complexity index is 968. The first-order valence-electron chi connectivity index (χ1n) is 10.8. The predicted octanol–water partition coefficient (Wildman–Crippen LogP) is 5.56. The summed E-state index contributed by atoms with van der Waals surface area (Å²) in [6.07, 6.45) is 0.849. The van der Waals surface area contributed by atoms with Crippen molar-refractivity contribution in [2.24, 2.45) is 5.92 Å². The lowest BCUT2D eigenvalue weighted by Gasteiger charge is -2.28. The molecular formula is C25H29F2N3OS. The molecular weight excluding hydrogens is 428 g/mol. The standard InChI is InChI=1S/C25H29F2N3OS/c1-16(2)14-21(24(31)30-25(15-28)12-13-25)29-22(23(26)27)20-7-5-4-6-19(20)17-8-10-18(32-3)11-9-17/h4-11,16,21-23,29H,12-14H2,1-3H3,(H,30,31)/t21-,22-/m0/s1. The van der Waals surface area contributed by atoms with Crippen LogP contribution in [0.15, 0.2) is 53.4 Å². The smallest absolute Gasteiger partial charge is 0.257 e. The molecule has 0 unspecified atom stereocenters. The summed E-state index contributed by atoms with van der Waals surface area (Å²) in [5.41, 5.74) is 1.16. The van der Waals surface area contributed by atoms with E-state index in [4.69, 9.17) is 0 Å². The highest BCUT2D eigenvalue weighted by atomic mass is 32.2. The van der Waals surface area contributed by atoms with Crippen LogP contribution in [0.25, 0.3) is 11.1 Å². The second kappa shape index (κ2) is 10.5. The van der Waals surface area contributed by atoms with E-state index in [1.165, 1.54) is 0 Å². The van der Waals surface area contributed by atoms with Gasteiger partial charge in [0.25, 0.3) is 6.43 Å². The molecule has 1 aliphatic carbocycles. The normalized spacial score (nSPS) is 16.4. The monoisotopic (exact) mass is 457 g/mol. The Hall–Kier alpha value is -2.43. The Balaban J connectivity index is 1.91. The van der Waals surface area contributed by atoms with Gasteiger partial charge in [0.1, 0.15) is 5.54 Å². The zero-order chi connectivity index (χ0) is 23.3. The number of thioether (sulfide) groups is 1. The summed E-state index contributed by atoms with van der Waals surface area (Å²) in [4.78, 5) is 14.0. The van der Waals surface area contributed by atoms with E-state index in [9.17, 15) is 18.8 Å². The third-order valence-electron chi connectivity index (χ3n) is 5.68. The maximum Gasteiger partial charge on any atom is 0.257 e. The van der Waals surface area contributed by atoms with Crippen LogP contribution in [0, 0.1) is 17.2 Å². The van der Waals surface area contributed by atoms with Gasteiger partial charge in [0.05, 0.1) is 18.2 Å². The first kappa shape index (κ1) is 24.2. The summed E-state index contributed by atoms with van der Waals surface area (Å²) < 4.78 is 28.7. The largest absolute Gasteiger partial charge is 0.336 e. The molecule has 32 heavy (non-hydrogen) atoms. The zero-order valence-corrected chi connectivity index (χ0v) is 19.4. The van der Waals surface area contributed by atoms with Crippen molar-refractivity contribution in [3.63, 3.8) is 0 Å². The van der Waals surface area contributed by atoms with Gasteiger partial charge in [0.2, 0.25) is 5.91 Å². The van der Waals surface area contributed by atoms with Gasteiger partial charge in [-0.3, -0.25) is 10.1 Å². The molecule has 0 radical (unpaired) electrons. The number of nitriles is 1. The quantitative estimate of drug-likeness (QED) is 0.459. The second-order valence-electron chi connectivity index (χ2n) is 8.66. The number of nitrogens with zero attached hydrogens (tertiary/aromatic N) is 1. The third-order valence-corrected chi connectivity index (χ3v) is 6.42. The SMILES string of the molecule is CSc1ccc(-c2ccccc2[C@H](N[C@@H](CC(C)C)C(=O)NC2(C#N)CC2)C(F)F)cc1. The van der Waals surface area contributed by atoms with E-state index in [1.807, 2.05) is 56.5 Å². The fourth-order valence-corrected chi connectivity index (χ4v) is 4.16. The number of carbonyl (C=O) groups is 1. The molecule has 1 saturated carbocycles. The van der Waals surface area contributed by atoms with Crippen molar-refractivity contribution in [1.29, 1.82) is 5.26 Å². The molecule has 2 N–H and O–H groups in total. The van der Waals surface area contributed by atoms with Gasteiger partial charge in [-0.1, -0.05) is 50.2 Å². The van der Waals surface area contributed by atoms with Crippen LogP contribution in [0.3, 0.4) is 0 Å². The Morgan fingerprint density at radius 1 is 1.16 bits per heavy atom. The van der Waals surface area contributed by atoms with Crippen LogP contribution < -0.4 is 10.6 Å². The molecule has 2 atom stereocenters. The highest BCUT2D eigenvalue weighted by Crippen LogP contribution is 2.35. The fraction of sp³-hybridized carbons (Fsp3) is 0.440. The van der Waals surface area contributed by atoms with Crippen LogP contribution in [0.2, 0.25) is 0 Å². The molecule has 1 fully saturated rings. The minimum absolute atomic E-state index is 0.114. The van der Waals surface area contributed by atoms with Gasteiger partial charge < -0.3 is 5.32 Å². The number of hydrogen-bond acceptors (Lipinski definition) is 4. The molecule has 0 aromatic heterocycles. The van der Waals surface area contributed by atoms with Crippen molar-refractivity contribution in [2.75, 3.05) is 6.26 Å². The van der Waals surface area contributed by atoms with E-state index < -0.39 is 30.0 Å². The van der Waals surface area contributed by atoms with E-state index in [-0.39, 0.29) is 5.92 Å². The van der Waals surface area contributed by atoms with Gasteiger partial charge in [0, 0.05) is 4.90 Å². The van der Waals surface area contributed by atoms with E-state index in [0.717, 1.165) is 10.5 Å². The van der Waals surface area contributed by atoms with Gasteiger partial charge in [-0.05, 0) is 60.3 Å². The number of halogens is 2. The molecule has 0 heterocycles. The van der Waals surface area contributed by atoms with E-state index in [0.29, 0.717) is 30.4 Å². The third kappa shape index (κ3) is 5.87. The molecule has 2 aromatic rings. The minimum atomic E-state index is -2.71. The molecule has 3 rings (SSSR count). The molecule has 1 amide bonds. The highest BCUT2D eigenvalue weighted by molar-refractivity contribution is 7.98. The molecule has 170 valence electrons. The van der Waals surface area contributed by atoms with Crippen LogP contribution in [0.4, 0.5) is 8.78 Å². The van der Waals surface area contributed by atoms with Crippen molar-refractivity contribution in [3.8, 4) is 17.2 Å². The van der Waals surface area contributed by atoms with Gasteiger partial charge in [0.15, 0.2) is 0 Å². The van der Waals surface area contributed by atoms with Crippen LogP contribution in [-0.4, -0.2) is 30.2 Å². The Morgan fingerprint density at radius 3 is 2.34 bits per heavy atom. The van der Waals surface area contributed by atoms with Crippen LogP contribution >= 0.6 is 11.8 Å². The van der Waals surface area contributed by atoms with Crippen molar-refractivity contribution in [3.05, 3.63) is 54.1 Å². The second-order valence-corrected chi connectivity index (χ2v) is 9.54. The first-order valence-corrected chi connectivity index (χ1v) is 12.0. The Morgan fingerprint density at radius 2 is 1.81 bits per heavy atom. The summed E-state index contributed by atoms with van der Waals surface area (Å²) >= 11 is 1.62. The Kier molecular flexibility index (Phi) is 7.91. The van der Waals surface area contributed by atoms with Crippen molar-refractivity contribution in [1.82, 2.24) is 10.6 Å². The molecule has 1 aliphatic rings. The summed E-state index contributed by atoms with van der Waals surface area (Å²) in [5, 5.41) is 15.0. The molecule has 7 heteroatoms. The van der Waals surface area contributed by atoms with Crippen LogP contribution in [0.1, 0.15) is 44.7 Å². The lowest BCUT2D eigenvalue weighted by atomic mass is 9.93. The number of carbonyl (C=O) groups excluding carboxylic acids is 1. The maximum atomic E-state index is 14.3. The highest BCUT2D eigenvalue weighted by Gasteiger charge is 2.46. The maximum absolute atomic E-state index is 14.3. The van der Waals surface area contributed by atoms with Gasteiger partial charge in [-0.2, -0.15) is 5.26 Å². The van der Waals surface area contributed by atoms with E-state index in [1.54, 1.807) is 23.9 Å². The average Bonchev–Trinajstić information content (AvgIpc) is 3.56. The lowest BCUT2D eigenvalue weighted by molar-refractivity contribution is -0.124. The number of amides is 1. The number of hydrogen-bond donors (Lipinski definition) is 2. The number of rotatable bonds is 10. The molecule has 4 nitrogen and oxygen atoms in total. The van der Waals surface area contributed by atoms with E-state index in [2.05, 4.69) is 16.7 Å². The Labute approximate surface area is 192 Å². The molecule has 0 saturated heterocycles. The van der Waals surface area contributed by atoms with Crippen LogP contribution in [-0.2, 0) is 4.79 Å². The first-order chi connectivity index (χ1) is 15.3. The minimum Gasteiger partial charge on any atom is -0.336 e. The fourth-order valence-electron chi connectivity index (χ4n) is 3.75. The van der Waals surface area contributed by atoms with Crippen molar-refractivity contribution < 1.29 is 13.6 Å². The number of alkyl halides is 2. The lowest BCUT2D eigenvalue weighted by Crippen LogP contribution is -2.51. The van der Waals surface area contributed by atoms with Crippen LogP contribution in [0.5, 0.6) is 0 Å². The number of nitrogens with one attached hydrogen (secondary N) is 2. The summed E-state index contributed by atoms with van der Waals surface area (Å²) in [7, 11) is 0. The molecule has 2 aromatic carbocycles. The summed E-state index contributed by atoms with van der Waals surface area (Å²) in [6.45, 7) is 3.88. The van der Waals surface area contributed by atoms with Gasteiger partial charge in [-0.25, -0.2) is 8.78 Å². The van der Waals surface area contributed by atoms with Gasteiger partial charge >= 0.3 is 0 Å². The van der Waals surface area contributed by atoms with Crippen molar-refractivity contribution >= 4 is 17.7 Å². The topological polar surface area (TPSA) is 64.9 Å². The molecule has 0 spiro atoms. The average molecular weight is 458 g/mol. The van der Waals surface area contributed by atoms with Gasteiger partial charge in [-0.15, -0.1) is 11.8 Å².